The zero-order chi connectivity index (χ0) is 20.7. The van der Waals surface area contributed by atoms with Crippen LogP contribution in [0.15, 0.2) is 53.3 Å². The summed E-state index contributed by atoms with van der Waals surface area (Å²) in [5.41, 5.74) is 5.46. The van der Waals surface area contributed by atoms with Crippen LogP contribution in [0.3, 0.4) is 0 Å². The lowest BCUT2D eigenvalue weighted by Gasteiger charge is -2.30. The maximum absolute atomic E-state index is 13.5. The summed E-state index contributed by atoms with van der Waals surface area (Å²) in [5, 5.41) is 0. The van der Waals surface area contributed by atoms with E-state index in [0.717, 1.165) is 55.0 Å². The van der Waals surface area contributed by atoms with Crippen molar-refractivity contribution < 1.29 is 4.39 Å². The summed E-state index contributed by atoms with van der Waals surface area (Å²) in [4.78, 5) is 19.7. The summed E-state index contributed by atoms with van der Waals surface area (Å²) in [6, 6.07) is 15.2. The van der Waals surface area contributed by atoms with Crippen LogP contribution in [0.4, 0.5) is 4.39 Å². The summed E-state index contributed by atoms with van der Waals surface area (Å²) in [6.07, 6.45) is 2.81. The monoisotopic (exact) mass is 403 g/mol. The molecule has 0 bridgehead atoms. The van der Waals surface area contributed by atoms with Crippen LogP contribution in [0, 0.1) is 12.7 Å². The second-order valence-corrected chi connectivity index (χ2v) is 8.56. The first-order chi connectivity index (χ1) is 14.6. The Morgan fingerprint density at radius 3 is 2.83 bits per heavy atom. The fraction of sp³-hybridized carbons (Fsp3) is 0.360. The Morgan fingerprint density at radius 1 is 1.13 bits per heavy atom. The summed E-state index contributed by atoms with van der Waals surface area (Å²) in [5.74, 6) is 1.04. The molecule has 0 N–H and O–H groups in total. The number of fused-ring (bicyclic) bond motifs is 3. The molecule has 0 fully saturated rings. The predicted octanol–water partition coefficient (Wildman–Crippen LogP) is 3.98. The van der Waals surface area contributed by atoms with Gasteiger partial charge in [-0.25, -0.2) is 4.39 Å². The number of nitrogens with zero attached hydrogens (tertiary/aromatic N) is 3. The highest BCUT2D eigenvalue weighted by Gasteiger charge is 2.31. The maximum atomic E-state index is 13.5. The molecule has 1 atom stereocenters. The quantitative estimate of drug-likeness (QED) is 0.661. The van der Waals surface area contributed by atoms with Crippen LogP contribution >= 0.6 is 0 Å². The number of halogens is 1. The molecule has 2 aliphatic rings. The van der Waals surface area contributed by atoms with Crippen LogP contribution in [0.5, 0.6) is 0 Å². The van der Waals surface area contributed by atoms with E-state index in [4.69, 9.17) is 0 Å². The molecule has 0 radical (unpaired) electrons. The summed E-state index contributed by atoms with van der Waals surface area (Å²) < 4.78 is 15.8. The smallest absolute Gasteiger partial charge is 0.277 e. The standard InChI is InChI=1S/C25H26FN3O/c1-17-5-2-3-7-19(17)14-20-9-12-29-23-10-11-28(15-18-6-4-8-21(26)13-18)16-22(23)25(30)27-24(20)29/h2-8,13,20H,9-12,14-16H2,1H3/t20-/m1/s1. The lowest BCUT2D eigenvalue weighted by atomic mass is 9.94. The van der Waals surface area contributed by atoms with Crippen molar-refractivity contribution in [1.82, 2.24) is 14.5 Å². The van der Waals surface area contributed by atoms with Gasteiger partial charge in [0.2, 0.25) is 0 Å². The minimum absolute atomic E-state index is 0.0862. The third kappa shape index (κ3) is 3.58. The molecular formula is C25H26FN3O. The van der Waals surface area contributed by atoms with Crippen molar-refractivity contribution >= 4 is 0 Å². The van der Waals surface area contributed by atoms with Gasteiger partial charge in [-0.2, -0.15) is 4.98 Å². The van der Waals surface area contributed by atoms with Crippen molar-refractivity contribution in [3.63, 3.8) is 0 Å². The van der Waals surface area contributed by atoms with Crippen molar-refractivity contribution in [3.05, 3.63) is 98.5 Å². The Hall–Kier alpha value is -2.79. The molecule has 0 spiro atoms. The number of aromatic nitrogens is 2. The Balaban J connectivity index is 1.39. The van der Waals surface area contributed by atoms with Gasteiger partial charge in [-0.1, -0.05) is 36.4 Å². The summed E-state index contributed by atoms with van der Waals surface area (Å²) >= 11 is 0. The molecule has 0 amide bonds. The normalized spacial score (nSPS) is 18.3. The molecule has 2 aromatic carbocycles. The Morgan fingerprint density at radius 2 is 2.00 bits per heavy atom. The topological polar surface area (TPSA) is 38.1 Å². The van der Waals surface area contributed by atoms with E-state index in [9.17, 15) is 9.18 Å². The summed E-state index contributed by atoms with van der Waals surface area (Å²) in [6.45, 7) is 5.18. The highest BCUT2D eigenvalue weighted by Crippen LogP contribution is 2.32. The number of benzene rings is 2. The van der Waals surface area contributed by atoms with E-state index in [0.29, 0.717) is 19.0 Å². The van der Waals surface area contributed by atoms with Crippen molar-refractivity contribution in [3.8, 4) is 0 Å². The molecule has 0 unspecified atom stereocenters. The first kappa shape index (κ1) is 19.2. The molecule has 154 valence electrons. The molecule has 1 aromatic heterocycles. The second kappa shape index (κ2) is 7.80. The molecule has 0 saturated heterocycles. The van der Waals surface area contributed by atoms with Gasteiger partial charge in [-0.3, -0.25) is 9.69 Å². The van der Waals surface area contributed by atoms with Crippen LogP contribution in [0.1, 0.15) is 46.1 Å². The lowest BCUT2D eigenvalue weighted by Crippen LogP contribution is -2.37. The molecule has 0 saturated carbocycles. The molecule has 30 heavy (non-hydrogen) atoms. The minimum atomic E-state index is -0.218. The molecule has 5 heteroatoms. The first-order valence-corrected chi connectivity index (χ1v) is 10.7. The zero-order valence-electron chi connectivity index (χ0n) is 17.3. The van der Waals surface area contributed by atoms with Crippen molar-refractivity contribution in [1.29, 1.82) is 0 Å². The molecule has 4 nitrogen and oxygen atoms in total. The number of aryl methyl sites for hydroxylation is 1. The van der Waals surface area contributed by atoms with Gasteiger partial charge in [0.05, 0.1) is 5.56 Å². The van der Waals surface area contributed by atoms with Gasteiger partial charge in [-0.05, 0) is 48.6 Å². The van der Waals surface area contributed by atoms with E-state index >= 15 is 0 Å². The van der Waals surface area contributed by atoms with Gasteiger partial charge in [-0.15, -0.1) is 0 Å². The Bertz CT molecular complexity index is 1150. The van der Waals surface area contributed by atoms with Crippen molar-refractivity contribution in [2.45, 2.75) is 51.7 Å². The van der Waals surface area contributed by atoms with E-state index in [1.165, 1.54) is 17.2 Å². The largest absolute Gasteiger partial charge is 0.333 e. The third-order valence-corrected chi connectivity index (χ3v) is 6.56. The molecule has 2 aliphatic heterocycles. The van der Waals surface area contributed by atoms with E-state index in [1.54, 1.807) is 12.1 Å². The average molecular weight is 404 g/mol. The Kier molecular flexibility index (Phi) is 4.99. The molecule has 0 aliphatic carbocycles. The van der Waals surface area contributed by atoms with Crippen molar-refractivity contribution in [2.75, 3.05) is 6.54 Å². The predicted molar refractivity (Wildman–Crippen MR) is 115 cm³/mol. The molecular weight excluding hydrogens is 377 g/mol. The van der Waals surface area contributed by atoms with Crippen molar-refractivity contribution in [2.24, 2.45) is 0 Å². The SMILES string of the molecule is Cc1ccccc1C[C@H]1CCn2c1nc(=O)c1c2CCN(Cc2cccc(F)c2)C1. The van der Waals surface area contributed by atoms with Crippen LogP contribution < -0.4 is 5.56 Å². The average Bonchev–Trinajstić information content (AvgIpc) is 3.12. The van der Waals surface area contributed by atoms with Gasteiger partial charge in [0, 0.05) is 44.2 Å². The van der Waals surface area contributed by atoms with Gasteiger partial charge in [0.1, 0.15) is 11.6 Å². The third-order valence-electron chi connectivity index (χ3n) is 6.56. The first-order valence-electron chi connectivity index (χ1n) is 10.7. The number of hydrogen-bond acceptors (Lipinski definition) is 3. The fourth-order valence-electron chi connectivity index (χ4n) is 4.97. The fourth-order valence-corrected chi connectivity index (χ4v) is 4.97. The van der Waals surface area contributed by atoms with Gasteiger partial charge in [0.15, 0.2) is 0 Å². The van der Waals surface area contributed by atoms with Gasteiger partial charge in [0.25, 0.3) is 5.56 Å². The van der Waals surface area contributed by atoms with Gasteiger partial charge < -0.3 is 4.57 Å². The maximum Gasteiger partial charge on any atom is 0.277 e. The highest BCUT2D eigenvalue weighted by atomic mass is 19.1. The van der Waals surface area contributed by atoms with Crippen LogP contribution in [0.25, 0.3) is 0 Å². The minimum Gasteiger partial charge on any atom is -0.333 e. The summed E-state index contributed by atoms with van der Waals surface area (Å²) in [7, 11) is 0. The molecule has 3 heterocycles. The highest BCUT2D eigenvalue weighted by molar-refractivity contribution is 5.30. The van der Waals surface area contributed by atoms with E-state index < -0.39 is 0 Å². The van der Waals surface area contributed by atoms with Gasteiger partial charge >= 0.3 is 0 Å². The number of hydrogen-bond donors (Lipinski definition) is 0. The lowest BCUT2D eigenvalue weighted by molar-refractivity contribution is 0.238. The van der Waals surface area contributed by atoms with E-state index in [2.05, 4.69) is 45.6 Å². The second-order valence-electron chi connectivity index (χ2n) is 8.56. The molecule has 5 rings (SSSR count). The van der Waals surface area contributed by atoms with Crippen LogP contribution in [-0.4, -0.2) is 21.0 Å². The Labute approximate surface area is 176 Å². The molecule has 3 aromatic rings. The zero-order valence-corrected chi connectivity index (χ0v) is 17.3. The van der Waals surface area contributed by atoms with E-state index in [-0.39, 0.29) is 11.4 Å². The van der Waals surface area contributed by atoms with Crippen LogP contribution in [0.2, 0.25) is 0 Å². The number of rotatable bonds is 4. The van der Waals surface area contributed by atoms with Crippen LogP contribution in [-0.2, 0) is 32.5 Å². The van der Waals surface area contributed by atoms with E-state index in [1.807, 2.05) is 6.07 Å².